The van der Waals surface area contributed by atoms with Crippen molar-refractivity contribution in [2.45, 2.75) is 38.8 Å². The normalized spacial score (nSPS) is 21.7. The summed E-state index contributed by atoms with van der Waals surface area (Å²) in [5, 5.41) is 13.8. The smallest absolute Gasteiger partial charge is 0.326 e. The van der Waals surface area contributed by atoms with E-state index >= 15 is 0 Å². The molecule has 1 heterocycles. The molecule has 2 atom stereocenters. The van der Waals surface area contributed by atoms with Crippen molar-refractivity contribution in [3.63, 3.8) is 0 Å². The molecule has 6 nitrogen and oxygen atoms in total. The molecule has 90 valence electrons. The number of hydrogen-bond donors (Lipinski definition) is 3. The van der Waals surface area contributed by atoms with Crippen molar-refractivity contribution in [1.82, 2.24) is 10.6 Å². The Morgan fingerprint density at radius 2 is 2.12 bits per heavy atom. The van der Waals surface area contributed by atoms with E-state index in [0.717, 1.165) is 0 Å². The number of amides is 2. The first kappa shape index (κ1) is 12.5. The summed E-state index contributed by atoms with van der Waals surface area (Å²) >= 11 is 0. The Balaban J connectivity index is 2.55. The van der Waals surface area contributed by atoms with Crippen molar-refractivity contribution in [2.75, 3.05) is 0 Å². The average molecular weight is 228 g/mol. The fourth-order valence-corrected chi connectivity index (χ4v) is 1.58. The van der Waals surface area contributed by atoms with Gasteiger partial charge >= 0.3 is 5.97 Å². The van der Waals surface area contributed by atoms with Crippen LogP contribution in [0.4, 0.5) is 0 Å². The number of nitrogens with one attached hydrogen (secondary N) is 2. The predicted octanol–water partition coefficient (Wildman–Crippen LogP) is -0.510. The van der Waals surface area contributed by atoms with E-state index in [4.69, 9.17) is 5.11 Å². The summed E-state index contributed by atoms with van der Waals surface area (Å²) in [6.45, 7) is 3.43. The number of aliphatic carboxylic acids is 1. The topological polar surface area (TPSA) is 95.5 Å². The predicted molar refractivity (Wildman–Crippen MR) is 55.6 cm³/mol. The maximum absolute atomic E-state index is 11.6. The second kappa shape index (κ2) is 4.96. The van der Waals surface area contributed by atoms with Gasteiger partial charge in [0.2, 0.25) is 11.8 Å². The molecule has 2 amide bonds. The van der Waals surface area contributed by atoms with Crippen LogP contribution in [0.5, 0.6) is 0 Å². The van der Waals surface area contributed by atoms with Crippen LogP contribution in [-0.4, -0.2) is 35.0 Å². The lowest BCUT2D eigenvalue weighted by atomic mass is 10.0. The lowest BCUT2D eigenvalue weighted by Crippen LogP contribution is -2.50. The van der Waals surface area contributed by atoms with Crippen LogP contribution in [0.25, 0.3) is 0 Å². The number of carboxylic acids is 1. The highest BCUT2D eigenvalue weighted by Gasteiger charge is 2.31. The SMILES string of the molecule is CC(C)[C@@H](NC(=O)[C@@H]1CCC(=O)N1)C(=O)O. The number of carbonyl (C=O) groups excluding carboxylic acids is 2. The zero-order valence-corrected chi connectivity index (χ0v) is 9.32. The van der Waals surface area contributed by atoms with Crippen LogP contribution >= 0.6 is 0 Å². The Bertz CT molecular complexity index is 314. The van der Waals surface area contributed by atoms with Gasteiger partial charge in [0, 0.05) is 6.42 Å². The summed E-state index contributed by atoms with van der Waals surface area (Å²) in [7, 11) is 0. The van der Waals surface area contributed by atoms with Crippen LogP contribution in [-0.2, 0) is 14.4 Å². The first-order valence-corrected chi connectivity index (χ1v) is 5.24. The second-order valence-electron chi connectivity index (χ2n) is 4.23. The maximum Gasteiger partial charge on any atom is 0.326 e. The van der Waals surface area contributed by atoms with E-state index in [0.29, 0.717) is 12.8 Å². The molecule has 0 radical (unpaired) electrons. The molecule has 1 aliphatic rings. The molecule has 0 aromatic carbocycles. The number of carbonyl (C=O) groups is 3. The van der Waals surface area contributed by atoms with E-state index in [-0.39, 0.29) is 11.8 Å². The third kappa shape index (κ3) is 2.95. The molecule has 1 rings (SSSR count). The third-order valence-electron chi connectivity index (χ3n) is 2.54. The molecule has 0 aliphatic carbocycles. The zero-order chi connectivity index (χ0) is 12.3. The largest absolute Gasteiger partial charge is 0.480 e. The van der Waals surface area contributed by atoms with Crippen molar-refractivity contribution in [3.05, 3.63) is 0 Å². The Hall–Kier alpha value is -1.59. The lowest BCUT2D eigenvalue weighted by molar-refractivity contribution is -0.143. The molecule has 3 N–H and O–H groups in total. The Labute approximate surface area is 93.4 Å². The minimum atomic E-state index is -1.06. The van der Waals surface area contributed by atoms with Gasteiger partial charge in [-0.15, -0.1) is 0 Å². The summed E-state index contributed by atoms with van der Waals surface area (Å²) in [4.78, 5) is 33.4. The summed E-state index contributed by atoms with van der Waals surface area (Å²) in [6.07, 6.45) is 0.743. The van der Waals surface area contributed by atoms with Gasteiger partial charge in [-0.05, 0) is 12.3 Å². The molecule has 0 aromatic rings. The second-order valence-corrected chi connectivity index (χ2v) is 4.23. The number of carboxylic acid groups (broad SMARTS) is 1. The summed E-state index contributed by atoms with van der Waals surface area (Å²) in [6, 6.07) is -1.50. The Morgan fingerprint density at radius 3 is 2.50 bits per heavy atom. The maximum atomic E-state index is 11.6. The fourth-order valence-electron chi connectivity index (χ4n) is 1.58. The van der Waals surface area contributed by atoms with E-state index < -0.39 is 24.0 Å². The number of hydrogen-bond acceptors (Lipinski definition) is 3. The molecule has 6 heteroatoms. The van der Waals surface area contributed by atoms with E-state index in [2.05, 4.69) is 10.6 Å². The van der Waals surface area contributed by atoms with Crippen LogP contribution in [0.15, 0.2) is 0 Å². The molecule has 1 aliphatic heterocycles. The van der Waals surface area contributed by atoms with Crippen molar-refractivity contribution >= 4 is 17.8 Å². The van der Waals surface area contributed by atoms with Crippen LogP contribution in [0, 0.1) is 5.92 Å². The molecule has 0 aromatic heterocycles. The van der Waals surface area contributed by atoms with Gasteiger partial charge < -0.3 is 15.7 Å². The van der Waals surface area contributed by atoms with Crippen LogP contribution in [0.1, 0.15) is 26.7 Å². The van der Waals surface area contributed by atoms with Gasteiger partial charge in [-0.25, -0.2) is 4.79 Å². The van der Waals surface area contributed by atoms with Gasteiger partial charge in [0.25, 0.3) is 0 Å². The first-order chi connectivity index (χ1) is 7.41. The van der Waals surface area contributed by atoms with E-state index in [1.165, 1.54) is 0 Å². The van der Waals surface area contributed by atoms with Crippen LogP contribution in [0.2, 0.25) is 0 Å². The molecule has 16 heavy (non-hydrogen) atoms. The van der Waals surface area contributed by atoms with Gasteiger partial charge in [0.1, 0.15) is 12.1 Å². The summed E-state index contributed by atoms with van der Waals surface area (Å²) in [5.41, 5.74) is 0. The van der Waals surface area contributed by atoms with Crippen molar-refractivity contribution in [3.8, 4) is 0 Å². The van der Waals surface area contributed by atoms with Crippen molar-refractivity contribution < 1.29 is 19.5 Å². The summed E-state index contributed by atoms with van der Waals surface area (Å²) < 4.78 is 0. The average Bonchev–Trinajstić information content (AvgIpc) is 2.59. The van der Waals surface area contributed by atoms with E-state index in [1.807, 2.05) is 0 Å². The van der Waals surface area contributed by atoms with Gasteiger partial charge in [-0.2, -0.15) is 0 Å². The quantitative estimate of drug-likeness (QED) is 0.604. The van der Waals surface area contributed by atoms with E-state index in [1.54, 1.807) is 13.8 Å². The fraction of sp³-hybridized carbons (Fsp3) is 0.700. The Kier molecular flexibility index (Phi) is 3.87. The molecule has 0 saturated carbocycles. The van der Waals surface area contributed by atoms with Crippen LogP contribution in [0.3, 0.4) is 0 Å². The minimum Gasteiger partial charge on any atom is -0.480 e. The van der Waals surface area contributed by atoms with E-state index in [9.17, 15) is 14.4 Å². The highest BCUT2D eigenvalue weighted by molar-refractivity contribution is 5.92. The Morgan fingerprint density at radius 1 is 1.50 bits per heavy atom. The molecular formula is C10H16N2O4. The molecule has 0 unspecified atom stereocenters. The first-order valence-electron chi connectivity index (χ1n) is 5.24. The highest BCUT2D eigenvalue weighted by atomic mass is 16.4. The third-order valence-corrected chi connectivity index (χ3v) is 2.54. The van der Waals surface area contributed by atoms with Gasteiger partial charge in [-0.1, -0.05) is 13.8 Å². The standard InChI is InChI=1S/C10H16N2O4/c1-5(2)8(10(15)16)12-9(14)6-3-4-7(13)11-6/h5-6,8H,3-4H2,1-2H3,(H,11,13)(H,12,14)(H,15,16)/t6-,8+/m0/s1. The van der Waals surface area contributed by atoms with Crippen molar-refractivity contribution in [1.29, 1.82) is 0 Å². The molecular weight excluding hydrogens is 212 g/mol. The van der Waals surface area contributed by atoms with Gasteiger partial charge in [-0.3, -0.25) is 9.59 Å². The lowest BCUT2D eigenvalue weighted by Gasteiger charge is -2.20. The molecule has 0 bridgehead atoms. The van der Waals surface area contributed by atoms with Crippen molar-refractivity contribution in [2.24, 2.45) is 5.92 Å². The van der Waals surface area contributed by atoms with Gasteiger partial charge in [0.05, 0.1) is 0 Å². The van der Waals surface area contributed by atoms with Crippen LogP contribution < -0.4 is 10.6 Å². The zero-order valence-electron chi connectivity index (χ0n) is 9.32. The number of rotatable bonds is 4. The molecule has 1 fully saturated rings. The van der Waals surface area contributed by atoms with Gasteiger partial charge in [0.15, 0.2) is 0 Å². The minimum absolute atomic E-state index is 0.170. The highest BCUT2D eigenvalue weighted by Crippen LogP contribution is 2.08. The monoisotopic (exact) mass is 228 g/mol. The molecule has 0 spiro atoms. The molecule has 1 saturated heterocycles. The summed E-state index contributed by atoms with van der Waals surface area (Å²) in [5.74, 6) is -1.85.